The molecular weight excluding hydrogens is 322 g/mol. The monoisotopic (exact) mass is 345 g/mol. The van der Waals surface area contributed by atoms with Crippen molar-refractivity contribution in [1.29, 1.82) is 0 Å². The first kappa shape index (κ1) is 18.1. The number of nitrogens with zero attached hydrogens (tertiary/aromatic N) is 3. The third-order valence-electron chi connectivity index (χ3n) is 3.37. The molecule has 2 aromatic rings. The van der Waals surface area contributed by atoms with Gasteiger partial charge in [-0.1, -0.05) is 12.1 Å². The van der Waals surface area contributed by atoms with Gasteiger partial charge in [0.1, 0.15) is 0 Å². The summed E-state index contributed by atoms with van der Waals surface area (Å²) < 4.78 is 7.23. The maximum atomic E-state index is 5.27. The first-order valence-corrected chi connectivity index (χ1v) is 8.36. The molecule has 0 aliphatic rings. The van der Waals surface area contributed by atoms with Gasteiger partial charge in [0.25, 0.3) is 0 Å². The highest BCUT2D eigenvalue weighted by Crippen LogP contribution is 2.09. The van der Waals surface area contributed by atoms with Crippen LogP contribution in [-0.2, 0) is 4.74 Å². The Morgan fingerprint density at radius 3 is 2.79 bits per heavy atom. The van der Waals surface area contributed by atoms with E-state index in [1.807, 2.05) is 48.9 Å². The summed E-state index contributed by atoms with van der Waals surface area (Å²) in [4.78, 5) is 4.05. The summed E-state index contributed by atoms with van der Waals surface area (Å²) in [6.07, 6.45) is 6.35. The predicted molar refractivity (Wildman–Crippen MR) is 101 cm³/mol. The van der Waals surface area contributed by atoms with Gasteiger partial charge >= 0.3 is 0 Å². The van der Waals surface area contributed by atoms with Crippen molar-refractivity contribution in [3.8, 4) is 5.69 Å². The van der Waals surface area contributed by atoms with E-state index in [0.717, 1.165) is 43.1 Å². The Morgan fingerprint density at radius 2 is 2.12 bits per heavy atom. The molecule has 0 spiro atoms. The summed E-state index contributed by atoms with van der Waals surface area (Å²) in [5, 5.41) is 7.93. The summed E-state index contributed by atoms with van der Waals surface area (Å²) in [5.41, 5.74) is 5.82. The Bertz CT molecular complexity index is 652. The SMILES string of the molecule is CCOCCCNC(=S)N/N=C(/C)c1ccc(-n2ccnc2)cc1. The molecule has 0 saturated carbocycles. The van der Waals surface area contributed by atoms with Crippen LogP contribution in [0, 0.1) is 0 Å². The molecule has 0 bridgehead atoms. The molecule has 6 nitrogen and oxygen atoms in total. The largest absolute Gasteiger partial charge is 0.382 e. The van der Waals surface area contributed by atoms with Crippen LogP contribution in [0.2, 0.25) is 0 Å². The second-order valence-corrected chi connectivity index (χ2v) is 5.54. The van der Waals surface area contributed by atoms with Gasteiger partial charge in [-0.15, -0.1) is 0 Å². The van der Waals surface area contributed by atoms with Crippen molar-refractivity contribution in [3.63, 3.8) is 0 Å². The Balaban J connectivity index is 1.81. The van der Waals surface area contributed by atoms with Crippen LogP contribution in [0.25, 0.3) is 5.69 Å². The lowest BCUT2D eigenvalue weighted by atomic mass is 10.1. The molecule has 2 rings (SSSR count). The molecule has 0 aliphatic carbocycles. The van der Waals surface area contributed by atoms with Gasteiger partial charge in [-0.2, -0.15) is 5.10 Å². The van der Waals surface area contributed by atoms with Crippen molar-refractivity contribution in [2.24, 2.45) is 5.10 Å². The highest BCUT2D eigenvalue weighted by atomic mass is 32.1. The second-order valence-electron chi connectivity index (χ2n) is 5.13. The normalized spacial score (nSPS) is 11.3. The van der Waals surface area contributed by atoms with Crippen LogP contribution in [0.4, 0.5) is 0 Å². The molecule has 24 heavy (non-hydrogen) atoms. The van der Waals surface area contributed by atoms with Crippen molar-refractivity contribution in [3.05, 3.63) is 48.5 Å². The van der Waals surface area contributed by atoms with E-state index in [1.54, 1.807) is 12.5 Å². The van der Waals surface area contributed by atoms with Crippen LogP contribution in [0.15, 0.2) is 48.1 Å². The molecule has 0 aliphatic heterocycles. The molecule has 0 saturated heterocycles. The van der Waals surface area contributed by atoms with Crippen molar-refractivity contribution >= 4 is 23.0 Å². The van der Waals surface area contributed by atoms with Crippen molar-refractivity contribution in [2.45, 2.75) is 20.3 Å². The number of benzene rings is 1. The minimum absolute atomic E-state index is 0.515. The zero-order valence-electron chi connectivity index (χ0n) is 14.0. The molecule has 128 valence electrons. The summed E-state index contributed by atoms with van der Waals surface area (Å²) in [5.74, 6) is 0. The fourth-order valence-electron chi connectivity index (χ4n) is 2.05. The van der Waals surface area contributed by atoms with E-state index in [9.17, 15) is 0 Å². The van der Waals surface area contributed by atoms with Crippen LogP contribution >= 0.6 is 12.2 Å². The molecule has 0 radical (unpaired) electrons. The lowest BCUT2D eigenvalue weighted by Crippen LogP contribution is -2.33. The van der Waals surface area contributed by atoms with Gasteiger partial charge in [-0.25, -0.2) is 4.98 Å². The molecule has 1 aromatic heterocycles. The summed E-state index contributed by atoms with van der Waals surface area (Å²) in [6.45, 7) is 6.17. The predicted octanol–water partition coefficient (Wildman–Crippen LogP) is 2.49. The molecule has 0 unspecified atom stereocenters. The summed E-state index contributed by atoms with van der Waals surface area (Å²) >= 11 is 5.19. The average Bonchev–Trinajstić information content (AvgIpc) is 3.14. The van der Waals surface area contributed by atoms with Crippen LogP contribution in [0.1, 0.15) is 25.8 Å². The van der Waals surface area contributed by atoms with E-state index in [2.05, 4.69) is 20.8 Å². The quantitative estimate of drug-likeness (QED) is 0.333. The molecule has 0 amide bonds. The first-order chi connectivity index (χ1) is 11.7. The topological polar surface area (TPSA) is 63.5 Å². The Kier molecular flexibility index (Phi) is 7.38. The fraction of sp³-hybridized carbons (Fsp3) is 0.353. The Labute approximate surface area is 147 Å². The van der Waals surface area contributed by atoms with Gasteiger partial charge in [-0.3, -0.25) is 5.43 Å². The van der Waals surface area contributed by atoms with E-state index in [0.29, 0.717) is 5.11 Å². The molecule has 0 fully saturated rings. The van der Waals surface area contributed by atoms with Crippen LogP contribution in [-0.4, -0.2) is 40.1 Å². The fourth-order valence-corrected chi connectivity index (χ4v) is 2.19. The number of hydrogen-bond acceptors (Lipinski definition) is 4. The molecular formula is C17H23N5OS. The molecule has 7 heteroatoms. The molecule has 0 atom stereocenters. The van der Waals surface area contributed by atoms with Crippen LogP contribution in [0.3, 0.4) is 0 Å². The minimum atomic E-state index is 0.515. The number of rotatable bonds is 8. The number of imidazole rings is 1. The maximum Gasteiger partial charge on any atom is 0.186 e. The second kappa shape index (κ2) is 9.79. The van der Waals surface area contributed by atoms with E-state index in [-0.39, 0.29) is 0 Å². The van der Waals surface area contributed by atoms with Crippen LogP contribution < -0.4 is 10.7 Å². The third kappa shape index (κ3) is 5.75. The lowest BCUT2D eigenvalue weighted by molar-refractivity contribution is 0.145. The number of hydrazone groups is 1. The molecule has 2 N–H and O–H groups in total. The average molecular weight is 345 g/mol. The number of hydrogen-bond donors (Lipinski definition) is 2. The number of thiocarbonyl (C=S) groups is 1. The number of ether oxygens (including phenoxy) is 1. The van der Waals surface area contributed by atoms with Crippen LogP contribution in [0.5, 0.6) is 0 Å². The van der Waals surface area contributed by atoms with Crippen molar-refractivity contribution in [2.75, 3.05) is 19.8 Å². The number of aromatic nitrogens is 2. The van der Waals surface area contributed by atoms with Gasteiger partial charge < -0.3 is 14.6 Å². The zero-order valence-corrected chi connectivity index (χ0v) is 14.8. The van der Waals surface area contributed by atoms with Gasteiger partial charge in [0, 0.05) is 37.8 Å². The highest BCUT2D eigenvalue weighted by molar-refractivity contribution is 7.80. The van der Waals surface area contributed by atoms with Gasteiger partial charge in [0.05, 0.1) is 12.0 Å². The summed E-state index contributed by atoms with van der Waals surface area (Å²) in [6, 6.07) is 8.10. The van der Waals surface area contributed by atoms with Crippen molar-refractivity contribution < 1.29 is 4.74 Å². The van der Waals surface area contributed by atoms with Crippen molar-refractivity contribution in [1.82, 2.24) is 20.3 Å². The van der Waals surface area contributed by atoms with Gasteiger partial charge in [-0.05, 0) is 50.2 Å². The maximum absolute atomic E-state index is 5.27. The molecule has 1 heterocycles. The van der Waals surface area contributed by atoms with E-state index >= 15 is 0 Å². The molecule has 1 aromatic carbocycles. The Morgan fingerprint density at radius 1 is 1.33 bits per heavy atom. The first-order valence-electron chi connectivity index (χ1n) is 7.95. The van der Waals surface area contributed by atoms with Gasteiger partial charge in [0.2, 0.25) is 0 Å². The smallest absolute Gasteiger partial charge is 0.186 e. The van der Waals surface area contributed by atoms with E-state index in [1.165, 1.54) is 0 Å². The number of nitrogens with one attached hydrogen (secondary N) is 2. The van der Waals surface area contributed by atoms with E-state index < -0.39 is 0 Å². The summed E-state index contributed by atoms with van der Waals surface area (Å²) in [7, 11) is 0. The standard InChI is InChI=1S/C17H23N5OS/c1-3-23-12-4-9-19-17(24)21-20-14(2)15-5-7-16(8-6-15)22-11-10-18-13-22/h5-8,10-11,13H,3-4,9,12H2,1-2H3,(H2,19,21,24)/b20-14-. The zero-order chi connectivity index (χ0) is 17.2. The Hall–Kier alpha value is -2.25. The van der Waals surface area contributed by atoms with Gasteiger partial charge in [0.15, 0.2) is 5.11 Å². The minimum Gasteiger partial charge on any atom is -0.382 e. The highest BCUT2D eigenvalue weighted by Gasteiger charge is 2.00. The lowest BCUT2D eigenvalue weighted by Gasteiger charge is -2.08. The van der Waals surface area contributed by atoms with E-state index in [4.69, 9.17) is 17.0 Å². The third-order valence-corrected chi connectivity index (χ3v) is 3.60.